The molecule has 3 rings (SSSR count). The lowest BCUT2D eigenvalue weighted by atomic mass is 10.0. The molecule has 0 spiro atoms. The fraction of sp³-hybridized carbons (Fsp3) is 0.448. The highest BCUT2D eigenvalue weighted by Gasteiger charge is 2.14. The van der Waals surface area contributed by atoms with Gasteiger partial charge in [-0.1, -0.05) is 95.0 Å². The zero-order valence-corrected chi connectivity index (χ0v) is 20.4. The Balaban J connectivity index is 1.45. The van der Waals surface area contributed by atoms with Crippen molar-refractivity contribution in [1.29, 1.82) is 0 Å². The van der Waals surface area contributed by atoms with Crippen molar-refractivity contribution in [2.45, 2.75) is 78.1 Å². The quantitative estimate of drug-likeness (QED) is 0.145. The molecular formula is C29H36O5. The minimum atomic E-state index is -0.738. The van der Waals surface area contributed by atoms with Crippen molar-refractivity contribution in [2.75, 3.05) is 6.61 Å². The van der Waals surface area contributed by atoms with Crippen molar-refractivity contribution in [2.24, 2.45) is 0 Å². The maximum atomic E-state index is 13.0. The van der Waals surface area contributed by atoms with Gasteiger partial charge in [0.1, 0.15) is 17.6 Å². The summed E-state index contributed by atoms with van der Waals surface area (Å²) in [6, 6.07) is 12.6. The zero-order chi connectivity index (χ0) is 24.2. The van der Waals surface area contributed by atoms with Crippen LogP contribution in [0.1, 0.15) is 76.7 Å². The second-order valence-electron chi connectivity index (χ2n) is 8.84. The number of unbranched alkanes of at least 4 members (excludes halogenated alkanes) is 9. The Morgan fingerprint density at radius 1 is 0.882 bits per heavy atom. The molecule has 0 radical (unpaired) electrons. The van der Waals surface area contributed by atoms with E-state index in [0.717, 1.165) is 18.4 Å². The number of fused-ring (bicyclic) bond motifs is 1. The summed E-state index contributed by atoms with van der Waals surface area (Å²) in [6.07, 6.45) is 12.9. The van der Waals surface area contributed by atoms with Crippen LogP contribution in [0.15, 0.2) is 57.9 Å². The average molecular weight is 465 g/mol. The molecule has 1 aromatic heterocycles. The highest BCUT2D eigenvalue weighted by atomic mass is 16.7. The summed E-state index contributed by atoms with van der Waals surface area (Å²) in [4.78, 5) is 25.1. The molecular weight excluding hydrogens is 428 g/mol. The normalized spacial score (nSPS) is 11.0. The molecule has 0 aliphatic rings. The molecule has 0 aliphatic heterocycles. The van der Waals surface area contributed by atoms with E-state index in [2.05, 4.69) is 6.92 Å². The van der Waals surface area contributed by atoms with Gasteiger partial charge in [0.25, 0.3) is 0 Å². The van der Waals surface area contributed by atoms with Crippen LogP contribution in [0.3, 0.4) is 0 Å². The van der Waals surface area contributed by atoms with Crippen molar-refractivity contribution in [3.8, 4) is 16.9 Å². The number of carbonyl (C=O) groups excluding carboxylic acids is 1. The van der Waals surface area contributed by atoms with Gasteiger partial charge in [-0.2, -0.15) is 0 Å². The number of hydrogen-bond acceptors (Lipinski definition) is 5. The number of aryl methyl sites for hydroxylation is 1. The molecule has 0 saturated carbocycles. The van der Waals surface area contributed by atoms with E-state index >= 15 is 0 Å². The number of rotatable bonds is 13. The second kappa shape index (κ2) is 13.6. The van der Waals surface area contributed by atoms with Crippen LogP contribution >= 0.6 is 0 Å². The predicted molar refractivity (Wildman–Crippen MR) is 136 cm³/mol. The molecule has 0 aliphatic carbocycles. The third kappa shape index (κ3) is 7.47. The van der Waals surface area contributed by atoms with Gasteiger partial charge in [0, 0.05) is 6.07 Å². The lowest BCUT2D eigenvalue weighted by molar-refractivity contribution is 0.0973. The summed E-state index contributed by atoms with van der Waals surface area (Å²) in [6.45, 7) is 4.38. The molecule has 1 heterocycles. The smallest absolute Gasteiger partial charge is 0.463 e. The molecule has 182 valence electrons. The van der Waals surface area contributed by atoms with Crippen molar-refractivity contribution in [3.05, 3.63) is 64.5 Å². The molecule has 34 heavy (non-hydrogen) atoms. The molecule has 0 amide bonds. The number of benzene rings is 2. The van der Waals surface area contributed by atoms with Crippen LogP contribution in [0.25, 0.3) is 22.1 Å². The first-order valence-electron chi connectivity index (χ1n) is 12.6. The van der Waals surface area contributed by atoms with Gasteiger partial charge in [0.2, 0.25) is 5.43 Å². The molecule has 5 heteroatoms. The Labute approximate surface area is 202 Å². The molecule has 0 bridgehead atoms. The summed E-state index contributed by atoms with van der Waals surface area (Å²) in [7, 11) is 0. The highest BCUT2D eigenvalue weighted by molar-refractivity contribution is 5.86. The van der Waals surface area contributed by atoms with E-state index in [-0.39, 0.29) is 5.43 Å². The monoisotopic (exact) mass is 464 g/mol. The molecule has 0 fully saturated rings. The van der Waals surface area contributed by atoms with Crippen molar-refractivity contribution >= 4 is 17.1 Å². The van der Waals surface area contributed by atoms with Gasteiger partial charge < -0.3 is 13.9 Å². The van der Waals surface area contributed by atoms with Crippen molar-refractivity contribution in [3.63, 3.8) is 0 Å². The lowest BCUT2D eigenvalue weighted by Gasteiger charge is -2.09. The van der Waals surface area contributed by atoms with E-state index in [1.54, 1.807) is 19.1 Å². The second-order valence-corrected chi connectivity index (χ2v) is 8.84. The Morgan fingerprint density at radius 3 is 2.21 bits per heavy atom. The molecule has 0 N–H and O–H groups in total. The topological polar surface area (TPSA) is 65.7 Å². The van der Waals surface area contributed by atoms with Crippen LogP contribution in [0.4, 0.5) is 4.79 Å². The van der Waals surface area contributed by atoms with E-state index in [1.165, 1.54) is 57.6 Å². The molecule has 0 unspecified atom stereocenters. The largest absolute Gasteiger partial charge is 0.513 e. The maximum absolute atomic E-state index is 13.0. The lowest BCUT2D eigenvalue weighted by Crippen LogP contribution is -2.12. The first kappa shape index (κ1) is 25.5. The predicted octanol–water partition coefficient (Wildman–Crippen LogP) is 8.20. The van der Waals surface area contributed by atoms with Crippen LogP contribution in [-0.2, 0) is 4.74 Å². The Kier molecular flexibility index (Phi) is 10.2. The molecule has 3 aromatic rings. The summed E-state index contributed by atoms with van der Waals surface area (Å²) in [5.41, 5.74) is 2.25. The third-order valence-electron chi connectivity index (χ3n) is 6.05. The van der Waals surface area contributed by atoms with Crippen LogP contribution < -0.4 is 10.2 Å². The Bertz CT molecular complexity index is 1100. The number of ether oxygens (including phenoxy) is 2. The minimum absolute atomic E-state index is 0.111. The summed E-state index contributed by atoms with van der Waals surface area (Å²) in [5.74, 6) is 0.300. The molecule has 0 saturated heterocycles. The van der Waals surface area contributed by atoms with E-state index in [9.17, 15) is 9.59 Å². The zero-order valence-electron chi connectivity index (χ0n) is 20.4. The van der Waals surface area contributed by atoms with Crippen LogP contribution in [0.2, 0.25) is 0 Å². The van der Waals surface area contributed by atoms with Crippen molar-refractivity contribution in [1.82, 2.24) is 0 Å². The fourth-order valence-corrected chi connectivity index (χ4v) is 4.16. The summed E-state index contributed by atoms with van der Waals surface area (Å²) >= 11 is 0. The van der Waals surface area contributed by atoms with E-state index in [4.69, 9.17) is 13.9 Å². The number of carbonyl (C=O) groups is 1. The van der Waals surface area contributed by atoms with Gasteiger partial charge in [-0.25, -0.2) is 4.79 Å². The SMILES string of the molecule is CCCCCCCCCCCCOC(=O)Oc1cc(C)c2c(=O)c(-c3ccccc3)coc2c1. The highest BCUT2D eigenvalue weighted by Crippen LogP contribution is 2.26. The van der Waals surface area contributed by atoms with Crippen molar-refractivity contribution < 1.29 is 18.7 Å². The maximum Gasteiger partial charge on any atom is 0.513 e. The molecule has 0 atom stereocenters. The van der Waals surface area contributed by atoms with Gasteiger partial charge in [0.05, 0.1) is 17.6 Å². The molecule has 5 nitrogen and oxygen atoms in total. The third-order valence-corrected chi connectivity index (χ3v) is 6.05. The van der Waals surface area contributed by atoms with Gasteiger partial charge in [-0.15, -0.1) is 0 Å². The fourth-order valence-electron chi connectivity index (χ4n) is 4.16. The van der Waals surface area contributed by atoms with Gasteiger partial charge in [0.15, 0.2) is 0 Å². The van der Waals surface area contributed by atoms with E-state index < -0.39 is 6.16 Å². The average Bonchev–Trinajstić information content (AvgIpc) is 2.83. The minimum Gasteiger partial charge on any atom is -0.463 e. The van der Waals surface area contributed by atoms with Crippen LogP contribution in [0, 0.1) is 6.92 Å². The molecule has 2 aromatic carbocycles. The standard InChI is InChI=1S/C29H36O5/c1-3-4-5-6-7-8-9-10-11-15-18-32-29(31)34-24-19-22(2)27-26(20-24)33-21-25(28(27)30)23-16-13-12-14-17-23/h12-14,16-17,19-21H,3-11,15,18H2,1-2H3. The van der Waals surface area contributed by atoms with E-state index in [0.29, 0.717) is 34.5 Å². The van der Waals surface area contributed by atoms with Gasteiger partial charge in [-0.05, 0) is 30.5 Å². The van der Waals surface area contributed by atoms with Gasteiger partial charge in [-0.3, -0.25) is 4.79 Å². The summed E-state index contributed by atoms with van der Waals surface area (Å²) in [5, 5.41) is 0.479. The first-order chi connectivity index (χ1) is 16.6. The summed E-state index contributed by atoms with van der Waals surface area (Å²) < 4.78 is 16.3. The van der Waals surface area contributed by atoms with Crippen LogP contribution in [-0.4, -0.2) is 12.8 Å². The van der Waals surface area contributed by atoms with E-state index in [1.807, 2.05) is 30.3 Å². The van der Waals surface area contributed by atoms with Gasteiger partial charge >= 0.3 is 6.16 Å². The van der Waals surface area contributed by atoms with Crippen LogP contribution in [0.5, 0.6) is 5.75 Å². The Morgan fingerprint density at radius 2 is 1.53 bits per heavy atom. The number of hydrogen-bond donors (Lipinski definition) is 0. The Hall–Kier alpha value is -3.08. The first-order valence-corrected chi connectivity index (χ1v) is 12.6.